The van der Waals surface area contributed by atoms with Crippen LogP contribution >= 0.6 is 11.3 Å². The molecule has 124 valence electrons. The molecule has 2 rings (SSSR count). The van der Waals surface area contributed by atoms with Crippen molar-refractivity contribution < 1.29 is 0 Å². The maximum Gasteiger partial charge on any atom is 0.191 e. The van der Waals surface area contributed by atoms with E-state index in [1.165, 1.54) is 21.0 Å². The molecule has 1 aromatic carbocycles. The van der Waals surface area contributed by atoms with Gasteiger partial charge in [0.1, 0.15) is 0 Å². The number of nitrogens with zero attached hydrogens (tertiary/aromatic N) is 2. The zero-order valence-electron chi connectivity index (χ0n) is 14.4. The van der Waals surface area contributed by atoms with Crippen molar-refractivity contribution in [1.29, 1.82) is 0 Å². The van der Waals surface area contributed by atoms with Crippen molar-refractivity contribution in [3.05, 3.63) is 51.0 Å². The number of rotatable bonds is 6. The van der Waals surface area contributed by atoms with E-state index in [0.717, 1.165) is 31.2 Å². The van der Waals surface area contributed by atoms with E-state index in [-0.39, 0.29) is 0 Å². The van der Waals surface area contributed by atoms with Crippen LogP contribution in [0.1, 0.15) is 33.6 Å². The Morgan fingerprint density at radius 3 is 2.61 bits per heavy atom. The molecular formula is C18H26N4S. The van der Waals surface area contributed by atoms with Crippen LogP contribution in [-0.4, -0.2) is 24.0 Å². The van der Waals surface area contributed by atoms with E-state index in [4.69, 9.17) is 0 Å². The summed E-state index contributed by atoms with van der Waals surface area (Å²) in [6, 6.07) is 8.37. The van der Waals surface area contributed by atoms with Gasteiger partial charge in [-0.3, -0.25) is 0 Å². The predicted molar refractivity (Wildman–Crippen MR) is 99.3 cm³/mol. The minimum atomic E-state index is 0.692. The number of hydrogen-bond acceptors (Lipinski definition) is 3. The molecule has 0 atom stereocenters. The van der Waals surface area contributed by atoms with Crippen LogP contribution in [0, 0.1) is 20.8 Å². The summed E-state index contributed by atoms with van der Waals surface area (Å²) in [4.78, 5) is 10.6. The third-order valence-electron chi connectivity index (χ3n) is 3.72. The van der Waals surface area contributed by atoms with Crippen molar-refractivity contribution in [2.45, 2.75) is 40.7 Å². The largest absolute Gasteiger partial charge is 0.357 e. The van der Waals surface area contributed by atoms with Crippen LogP contribution in [-0.2, 0) is 13.0 Å². The molecule has 0 unspecified atom stereocenters. The number of nitrogens with one attached hydrogen (secondary N) is 2. The lowest BCUT2D eigenvalue weighted by Crippen LogP contribution is -2.38. The number of aromatic nitrogens is 1. The van der Waals surface area contributed by atoms with E-state index in [2.05, 4.69) is 72.6 Å². The lowest BCUT2D eigenvalue weighted by Gasteiger charge is -2.11. The molecule has 0 radical (unpaired) electrons. The average molecular weight is 331 g/mol. The fourth-order valence-corrected chi connectivity index (χ4v) is 3.16. The zero-order valence-corrected chi connectivity index (χ0v) is 15.3. The van der Waals surface area contributed by atoms with Crippen molar-refractivity contribution in [3.63, 3.8) is 0 Å². The Morgan fingerprint density at radius 1 is 1.17 bits per heavy atom. The third kappa shape index (κ3) is 5.36. The van der Waals surface area contributed by atoms with E-state index < -0.39 is 0 Å². The molecule has 0 aliphatic rings. The number of aryl methyl sites for hydroxylation is 3. The number of hydrogen-bond donors (Lipinski definition) is 2. The number of guanidine groups is 1. The highest BCUT2D eigenvalue weighted by Gasteiger charge is 2.04. The molecule has 1 heterocycles. The van der Waals surface area contributed by atoms with Crippen LogP contribution < -0.4 is 10.6 Å². The van der Waals surface area contributed by atoms with Crippen LogP contribution in [0.4, 0.5) is 0 Å². The molecule has 1 aromatic heterocycles. The Kier molecular flexibility index (Phi) is 6.59. The minimum Gasteiger partial charge on any atom is -0.357 e. The second-order valence-electron chi connectivity index (χ2n) is 5.55. The topological polar surface area (TPSA) is 49.3 Å². The lowest BCUT2D eigenvalue weighted by molar-refractivity contribution is 0.795. The van der Waals surface area contributed by atoms with Crippen LogP contribution in [0.3, 0.4) is 0 Å². The zero-order chi connectivity index (χ0) is 16.7. The molecule has 0 spiro atoms. The highest BCUT2D eigenvalue weighted by Crippen LogP contribution is 2.16. The monoisotopic (exact) mass is 330 g/mol. The van der Waals surface area contributed by atoms with E-state index in [1.807, 2.05) is 0 Å². The van der Waals surface area contributed by atoms with Crippen molar-refractivity contribution in [2.75, 3.05) is 13.1 Å². The highest BCUT2D eigenvalue weighted by atomic mass is 32.1. The van der Waals surface area contributed by atoms with Gasteiger partial charge in [-0.2, -0.15) is 0 Å². The summed E-state index contributed by atoms with van der Waals surface area (Å²) in [5.41, 5.74) is 3.68. The third-order valence-corrected chi connectivity index (χ3v) is 4.85. The molecular weight excluding hydrogens is 304 g/mol. The first kappa shape index (κ1) is 17.5. The van der Waals surface area contributed by atoms with Crippen LogP contribution in [0.25, 0.3) is 0 Å². The summed E-state index contributed by atoms with van der Waals surface area (Å²) in [6.45, 7) is 10.8. The van der Waals surface area contributed by atoms with Crippen molar-refractivity contribution in [3.8, 4) is 0 Å². The van der Waals surface area contributed by atoms with Gasteiger partial charge in [0.05, 0.1) is 17.2 Å². The molecule has 23 heavy (non-hydrogen) atoms. The Balaban J connectivity index is 1.90. The lowest BCUT2D eigenvalue weighted by atomic mass is 10.1. The molecule has 0 amide bonds. The Morgan fingerprint density at radius 2 is 1.96 bits per heavy atom. The summed E-state index contributed by atoms with van der Waals surface area (Å²) in [6.07, 6.45) is 0.925. The maximum absolute atomic E-state index is 4.68. The summed E-state index contributed by atoms with van der Waals surface area (Å²) in [5, 5.41) is 7.87. The first-order valence-corrected chi connectivity index (χ1v) is 8.91. The van der Waals surface area contributed by atoms with Crippen LogP contribution in [0.2, 0.25) is 0 Å². The van der Waals surface area contributed by atoms with Crippen molar-refractivity contribution in [2.24, 2.45) is 4.99 Å². The summed E-state index contributed by atoms with van der Waals surface area (Å²) < 4.78 is 0. The quantitative estimate of drug-likeness (QED) is 0.631. The van der Waals surface area contributed by atoms with E-state index in [1.54, 1.807) is 11.3 Å². The van der Waals surface area contributed by atoms with Gasteiger partial charge < -0.3 is 10.6 Å². The Bertz CT molecular complexity index is 641. The number of benzene rings is 1. The summed E-state index contributed by atoms with van der Waals surface area (Å²) in [7, 11) is 0. The van der Waals surface area contributed by atoms with Gasteiger partial charge in [-0.05, 0) is 38.8 Å². The average Bonchev–Trinajstić information content (AvgIpc) is 2.84. The fraction of sp³-hybridized carbons (Fsp3) is 0.444. The first-order valence-electron chi connectivity index (χ1n) is 8.09. The molecule has 0 aliphatic carbocycles. The fourth-order valence-electron chi connectivity index (χ4n) is 2.23. The van der Waals surface area contributed by atoms with Gasteiger partial charge in [0.2, 0.25) is 0 Å². The van der Waals surface area contributed by atoms with E-state index in [0.29, 0.717) is 6.54 Å². The van der Waals surface area contributed by atoms with Gasteiger partial charge in [0.25, 0.3) is 0 Å². The van der Waals surface area contributed by atoms with E-state index in [9.17, 15) is 0 Å². The van der Waals surface area contributed by atoms with Crippen molar-refractivity contribution >= 4 is 17.3 Å². The molecule has 0 bridgehead atoms. The minimum absolute atomic E-state index is 0.692. The van der Waals surface area contributed by atoms with Crippen LogP contribution in [0.5, 0.6) is 0 Å². The molecule has 0 saturated heterocycles. The molecule has 4 nitrogen and oxygen atoms in total. The smallest absolute Gasteiger partial charge is 0.191 e. The SMILES string of the molecule is CCNC(=NCc1ccccc1C)NCCc1nc(C)c(C)s1. The maximum atomic E-state index is 4.68. The van der Waals surface area contributed by atoms with Crippen LogP contribution in [0.15, 0.2) is 29.3 Å². The number of aliphatic imine (C=N–C) groups is 1. The Labute approximate surface area is 143 Å². The molecule has 5 heteroatoms. The van der Waals surface area contributed by atoms with Gasteiger partial charge in [-0.25, -0.2) is 9.98 Å². The summed E-state index contributed by atoms with van der Waals surface area (Å²) >= 11 is 1.78. The molecule has 0 fully saturated rings. The van der Waals surface area contributed by atoms with Gasteiger partial charge >= 0.3 is 0 Å². The molecule has 0 aliphatic heterocycles. The Hall–Kier alpha value is -1.88. The second-order valence-corrected chi connectivity index (χ2v) is 6.84. The van der Waals surface area contributed by atoms with E-state index >= 15 is 0 Å². The van der Waals surface area contributed by atoms with Gasteiger partial charge in [0.15, 0.2) is 5.96 Å². The molecule has 2 aromatic rings. The standard InChI is InChI=1S/C18H26N4S/c1-5-19-18(21-12-16-9-7-6-8-13(16)2)20-11-10-17-22-14(3)15(4)23-17/h6-9H,5,10-12H2,1-4H3,(H2,19,20,21). The first-order chi connectivity index (χ1) is 11.1. The summed E-state index contributed by atoms with van der Waals surface area (Å²) in [5.74, 6) is 0.862. The molecule has 2 N–H and O–H groups in total. The van der Waals surface area contributed by atoms with Crippen molar-refractivity contribution in [1.82, 2.24) is 15.6 Å². The predicted octanol–water partition coefficient (Wildman–Crippen LogP) is 3.37. The normalized spacial score (nSPS) is 11.6. The highest BCUT2D eigenvalue weighted by molar-refractivity contribution is 7.11. The van der Waals surface area contributed by atoms with Gasteiger partial charge in [-0.15, -0.1) is 11.3 Å². The van der Waals surface area contributed by atoms with Gasteiger partial charge in [0, 0.05) is 24.4 Å². The molecule has 0 saturated carbocycles. The number of thiazole rings is 1. The second kappa shape index (κ2) is 8.67. The van der Waals surface area contributed by atoms with Gasteiger partial charge in [-0.1, -0.05) is 24.3 Å².